The lowest BCUT2D eigenvalue weighted by Crippen LogP contribution is -2.29. The van der Waals surface area contributed by atoms with Crippen molar-refractivity contribution in [3.05, 3.63) is 125 Å². The molecule has 1 amide bonds. The van der Waals surface area contributed by atoms with Gasteiger partial charge in [0.05, 0.1) is 18.7 Å². The van der Waals surface area contributed by atoms with Crippen molar-refractivity contribution in [3.63, 3.8) is 0 Å². The Bertz CT molecular complexity index is 1580. The van der Waals surface area contributed by atoms with Crippen LogP contribution >= 0.6 is 0 Å². The van der Waals surface area contributed by atoms with E-state index in [2.05, 4.69) is 4.98 Å². The molecule has 3 aromatic carbocycles. The number of nitrogens with zero attached hydrogens (tertiary/aromatic N) is 2. The van der Waals surface area contributed by atoms with Crippen LogP contribution in [0.1, 0.15) is 33.9 Å². The summed E-state index contributed by atoms with van der Waals surface area (Å²) in [5.41, 5.74) is 3.31. The second-order valence-corrected chi connectivity index (χ2v) is 9.47. The van der Waals surface area contributed by atoms with Gasteiger partial charge in [0.2, 0.25) is 0 Å². The molecule has 40 heavy (non-hydrogen) atoms. The van der Waals surface area contributed by atoms with Gasteiger partial charge in [-0.1, -0.05) is 42.5 Å². The lowest BCUT2D eigenvalue weighted by atomic mass is 9.94. The smallest absolute Gasteiger partial charge is 0.295 e. The number of ketones is 1. The standard InChI is InChI=1S/C32H28N2O6/c1-20-15-24(11-13-26(20)40-19-21-7-4-3-5-8-21)30(36)28-29(23-10-12-25(35)27(16-23)39-2)34(32(38)31(28)37)18-22-9-6-14-33-17-22/h3-17,29,35-36H,18-19H2,1-2H3/b30-28+. The SMILES string of the molecule is COc1cc(C2/C(=C(\O)c3ccc(OCc4ccccc4)c(C)c3)C(=O)C(=O)N2Cc2cccnc2)ccc1O. The summed E-state index contributed by atoms with van der Waals surface area (Å²) in [4.78, 5) is 32.2. The van der Waals surface area contributed by atoms with Crippen LogP contribution in [0.3, 0.4) is 0 Å². The molecule has 1 fully saturated rings. The second-order valence-electron chi connectivity index (χ2n) is 9.47. The van der Waals surface area contributed by atoms with E-state index in [1.165, 1.54) is 18.1 Å². The molecule has 0 saturated carbocycles. The van der Waals surface area contributed by atoms with Gasteiger partial charge >= 0.3 is 0 Å². The Kier molecular flexibility index (Phi) is 7.50. The molecule has 2 heterocycles. The number of amides is 1. The molecule has 8 nitrogen and oxygen atoms in total. The highest BCUT2D eigenvalue weighted by Crippen LogP contribution is 2.42. The number of hydrogen-bond donors (Lipinski definition) is 2. The Morgan fingerprint density at radius 2 is 1.73 bits per heavy atom. The zero-order chi connectivity index (χ0) is 28.2. The highest BCUT2D eigenvalue weighted by Gasteiger charge is 2.46. The van der Waals surface area contributed by atoms with Gasteiger partial charge in [0.1, 0.15) is 18.1 Å². The topological polar surface area (TPSA) is 109 Å². The molecule has 1 saturated heterocycles. The summed E-state index contributed by atoms with van der Waals surface area (Å²) in [5.74, 6) is -1.13. The molecule has 8 heteroatoms. The number of phenols is 1. The maximum atomic E-state index is 13.4. The number of aliphatic hydroxyl groups excluding tert-OH is 1. The number of ether oxygens (including phenoxy) is 2. The number of pyridine rings is 1. The number of carbonyl (C=O) groups excluding carboxylic acids is 2. The number of benzene rings is 3. The van der Waals surface area contributed by atoms with Crippen LogP contribution in [-0.4, -0.2) is 38.9 Å². The molecule has 0 radical (unpaired) electrons. The number of aliphatic hydroxyl groups is 1. The largest absolute Gasteiger partial charge is 0.507 e. The predicted octanol–water partition coefficient (Wildman–Crippen LogP) is 5.31. The van der Waals surface area contributed by atoms with Crippen molar-refractivity contribution in [2.24, 2.45) is 0 Å². The van der Waals surface area contributed by atoms with Gasteiger partial charge in [-0.3, -0.25) is 14.6 Å². The summed E-state index contributed by atoms with van der Waals surface area (Å²) in [6.45, 7) is 2.32. The molecule has 202 valence electrons. The van der Waals surface area contributed by atoms with Crippen LogP contribution < -0.4 is 9.47 Å². The Morgan fingerprint density at radius 3 is 2.42 bits per heavy atom. The molecule has 0 spiro atoms. The number of Topliss-reactive ketones (excluding diaryl/α,β-unsaturated/α-hetero) is 1. The predicted molar refractivity (Wildman–Crippen MR) is 149 cm³/mol. The molecule has 4 aromatic rings. The van der Waals surface area contributed by atoms with Crippen LogP contribution in [0.2, 0.25) is 0 Å². The van der Waals surface area contributed by atoms with E-state index in [0.717, 1.165) is 16.7 Å². The Balaban J connectivity index is 1.54. The fourth-order valence-electron chi connectivity index (χ4n) is 4.79. The quantitative estimate of drug-likeness (QED) is 0.179. The fourth-order valence-corrected chi connectivity index (χ4v) is 4.79. The lowest BCUT2D eigenvalue weighted by Gasteiger charge is -2.26. The monoisotopic (exact) mass is 536 g/mol. The zero-order valence-corrected chi connectivity index (χ0v) is 22.1. The van der Waals surface area contributed by atoms with E-state index in [0.29, 0.717) is 23.5 Å². The second kappa shape index (κ2) is 11.3. The van der Waals surface area contributed by atoms with Crippen LogP contribution in [0.25, 0.3) is 5.76 Å². The number of methoxy groups -OCH3 is 1. The number of aromatic hydroxyl groups is 1. The summed E-state index contributed by atoms with van der Waals surface area (Å²) < 4.78 is 11.2. The van der Waals surface area contributed by atoms with E-state index >= 15 is 0 Å². The molecule has 5 rings (SSSR count). The normalized spacial score (nSPS) is 16.2. The maximum Gasteiger partial charge on any atom is 0.295 e. The van der Waals surface area contributed by atoms with Gasteiger partial charge in [0.25, 0.3) is 11.7 Å². The Morgan fingerprint density at radius 1 is 0.950 bits per heavy atom. The number of aromatic nitrogens is 1. The van der Waals surface area contributed by atoms with Gasteiger partial charge in [-0.05, 0) is 65.6 Å². The van der Waals surface area contributed by atoms with Gasteiger partial charge in [-0.2, -0.15) is 0 Å². The molecule has 1 atom stereocenters. The first-order valence-corrected chi connectivity index (χ1v) is 12.7. The number of likely N-dealkylation sites (tertiary alicyclic amines) is 1. The Hall–Kier alpha value is -5.11. The van der Waals surface area contributed by atoms with Gasteiger partial charge in [-0.15, -0.1) is 0 Å². The van der Waals surface area contributed by atoms with Gasteiger partial charge < -0.3 is 24.6 Å². The molecule has 0 aliphatic carbocycles. The number of hydrogen-bond acceptors (Lipinski definition) is 7. The number of phenolic OH excluding ortho intramolecular Hbond substituents is 1. The molecule has 2 N–H and O–H groups in total. The van der Waals surface area contributed by atoms with Gasteiger partial charge in [0, 0.05) is 24.5 Å². The van der Waals surface area contributed by atoms with Crippen molar-refractivity contribution in [1.29, 1.82) is 0 Å². The first kappa shape index (κ1) is 26.5. The fraction of sp³-hybridized carbons (Fsp3) is 0.156. The molecular formula is C32H28N2O6. The van der Waals surface area contributed by atoms with Crippen LogP contribution in [0.4, 0.5) is 0 Å². The van der Waals surface area contributed by atoms with Crippen molar-refractivity contribution in [3.8, 4) is 17.2 Å². The summed E-state index contributed by atoms with van der Waals surface area (Å²) in [6, 6.07) is 22.1. The molecule has 0 bridgehead atoms. The van der Waals surface area contributed by atoms with Crippen LogP contribution in [-0.2, 0) is 22.7 Å². The third kappa shape index (κ3) is 5.24. The minimum atomic E-state index is -0.927. The van der Waals surface area contributed by atoms with E-state index in [4.69, 9.17) is 9.47 Å². The number of aryl methyl sites for hydroxylation is 1. The van der Waals surface area contributed by atoms with Crippen molar-refractivity contribution >= 4 is 17.4 Å². The van der Waals surface area contributed by atoms with Crippen molar-refractivity contribution in [1.82, 2.24) is 9.88 Å². The van der Waals surface area contributed by atoms with Crippen LogP contribution in [0, 0.1) is 6.92 Å². The van der Waals surface area contributed by atoms with E-state index in [1.54, 1.807) is 54.9 Å². The van der Waals surface area contributed by atoms with Gasteiger partial charge in [-0.25, -0.2) is 0 Å². The average molecular weight is 537 g/mol. The Labute approximate surface area is 231 Å². The van der Waals surface area contributed by atoms with Crippen LogP contribution in [0.15, 0.2) is 96.8 Å². The average Bonchev–Trinajstić information content (AvgIpc) is 3.22. The molecule has 1 aromatic heterocycles. The third-order valence-corrected chi connectivity index (χ3v) is 6.82. The highest BCUT2D eigenvalue weighted by molar-refractivity contribution is 6.46. The van der Waals surface area contributed by atoms with Crippen molar-refractivity contribution < 1.29 is 29.3 Å². The van der Waals surface area contributed by atoms with Crippen molar-refractivity contribution in [2.75, 3.05) is 7.11 Å². The van der Waals surface area contributed by atoms with Crippen molar-refractivity contribution in [2.45, 2.75) is 26.1 Å². The first-order chi connectivity index (χ1) is 19.4. The van der Waals surface area contributed by atoms with E-state index in [9.17, 15) is 19.8 Å². The summed E-state index contributed by atoms with van der Waals surface area (Å²) >= 11 is 0. The lowest BCUT2D eigenvalue weighted by molar-refractivity contribution is -0.140. The molecular weight excluding hydrogens is 508 g/mol. The minimum absolute atomic E-state index is 0.0565. The number of rotatable bonds is 8. The first-order valence-electron chi connectivity index (χ1n) is 12.7. The minimum Gasteiger partial charge on any atom is -0.507 e. The maximum absolute atomic E-state index is 13.4. The molecule has 1 aliphatic heterocycles. The molecule has 1 unspecified atom stereocenters. The van der Waals surface area contributed by atoms with Gasteiger partial charge in [0.15, 0.2) is 11.5 Å². The number of carbonyl (C=O) groups is 2. The van der Waals surface area contributed by atoms with Crippen LogP contribution in [0.5, 0.6) is 17.2 Å². The summed E-state index contributed by atoms with van der Waals surface area (Å²) in [6.07, 6.45) is 3.24. The summed E-state index contributed by atoms with van der Waals surface area (Å²) in [7, 11) is 1.41. The third-order valence-electron chi connectivity index (χ3n) is 6.82. The zero-order valence-electron chi connectivity index (χ0n) is 22.1. The van der Waals surface area contributed by atoms with E-state index in [-0.39, 0.29) is 29.4 Å². The highest BCUT2D eigenvalue weighted by atomic mass is 16.5. The summed E-state index contributed by atoms with van der Waals surface area (Å²) in [5, 5.41) is 21.6. The molecule has 1 aliphatic rings. The van der Waals surface area contributed by atoms with E-state index in [1.807, 2.05) is 37.3 Å². The van der Waals surface area contributed by atoms with E-state index < -0.39 is 17.7 Å².